The van der Waals surface area contributed by atoms with Crippen molar-refractivity contribution in [2.24, 2.45) is 0 Å². The Morgan fingerprint density at radius 2 is 1.76 bits per heavy atom. The zero-order valence-electron chi connectivity index (χ0n) is 9.95. The Morgan fingerprint density at radius 1 is 1.12 bits per heavy atom. The fraction of sp³-hybridized carbons (Fsp3) is 0.500. The first-order valence-electron chi connectivity index (χ1n) is 5.68. The van der Waals surface area contributed by atoms with E-state index in [0.717, 1.165) is 29.3 Å². The Kier molecular flexibility index (Phi) is 6.43. The van der Waals surface area contributed by atoms with Crippen LogP contribution in [0.3, 0.4) is 0 Å². The van der Waals surface area contributed by atoms with E-state index in [4.69, 9.17) is 0 Å². The number of hydrogen-bond donors (Lipinski definition) is 1. The van der Waals surface area contributed by atoms with Crippen LogP contribution in [0.15, 0.2) is 29.2 Å². The molecule has 1 aromatic rings. The van der Waals surface area contributed by atoms with Crippen LogP contribution in [0.25, 0.3) is 0 Å². The minimum absolute atomic E-state index is 0.344. The van der Waals surface area contributed by atoms with Gasteiger partial charge in [-0.05, 0) is 36.3 Å². The van der Waals surface area contributed by atoms with Crippen LogP contribution < -0.4 is 4.72 Å². The highest BCUT2D eigenvalue weighted by Gasteiger charge is 2.12. The second-order valence-electron chi connectivity index (χ2n) is 3.96. The summed E-state index contributed by atoms with van der Waals surface area (Å²) in [6.07, 6.45) is 3.11. The molecule has 5 heteroatoms. The summed E-state index contributed by atoms with van der Waals surface area (Å²) < 4.78 is 27.5. The van der Waals surface area contributed by atoms with Gasteiger partial charge in [-0.25, -0.2) is 13.1 Å². The van der Waals surface area contributed by atoms with E-state index in [0.29, 0.717) is 11.4 Å². The molecule has 1 aromatic carbocycles. The lowest BCUT2D eigenvalue weighted by molar-refractivity contribution is 0.576. The summed E-state index contributed by atoms with van der Waals surface area (Å²) >= 11 is 2.33. The van der Waals surface area contributed by atoms with Crippen LogP contribution in [-0.4, -0.2) is 19.4 Å². The van der Waals surface area contributed by atoms with Gasteiger partial charge in [0.15, 0.2) is 0 Å². The molecule has 0 amide bonds. The molecule has 0 atom stereocenters. The van der Waals surface area contributed by atoms with Crippen molar-refractivity contribution < 1.29 is 8.42 Å². The quantitative estimate of drug-likeness (QED) is 0.458. The number of alkyl halides is 1. The Labute approximate surface area is 117 Å². The van der Waals surface area contributed by atoms with Gasteiger partial charge >= 0.3 is 0 Å². The van der Waals surface area contributed by atoms with Crippen LogP contribution in [0.5, 0.6) is 0 Å². The molecule has 0 spiro atoms. The lowest BCUT2D eigenvalue weighted by atomic mass is 10.2. The predicted octanol–water partition coefficient (Wildman–Crippen LogP) is 2.88. The average molecular weight is 367 g/mol. The fourth-order valence-electron chi connectivity index (χ4n) is 1.40. The number of rotatable bonds is 7. The summed E-state index contributed by atoms with van der Waals surface area (Å²) in [6, 6.07) is 6.90. The highest BCUT2D eigenvalue weighted by Crippen LogP contribution is 2.09. The van der Waals surface area contributed by atoms with Gasteiger partial charge in [-0.3, -0.25) is 0 Å². The fourth-order valence-corrected chi connectivity index (χ4v) is 3.02. The highest BCUT2D eigenvalue weighted by molar-refractivity contribution is 14.1. The van der Waals surface area contributed by atoms with Crippen molar-refractivity contribution in [3.8, 4) is 0 Å². The second-order valence-corrected chi connectivity index (χ2v) is 6.81. The first-order chi connectivity index (χ1) is 8.06. The third kappa shape index (κ3) is 5.35. The number of aryl methyl sites for hydroxylation is 1. The summed E-state index contributed by atoms with van der Waals surface area (Å²) in [5.41, 5.74) is 1.06. The number of halogens is 1. The lowest BCUT2D eigenvalue weighted by Crippen LogP contribution is -2.24. The molecule has 1 N–H and O–H groups in total. The molecule has 17 heavy (non-hydrogen) atoms. The third-order valence-corrected chi connectivity index (χ3v) is 4.67. The van der Waals surface area contributed by atoms with Gasteiger partial charge in [0.1, 0.15) is 0 Å². The van der Waals surface area contributed by atoms with Crippen molar-refractivity contribution in [1.29, 1.82) is 0 Å². The molecule has 96 valence electrons. The highest BCUT2D eigenvalue weighted by atomic mass is 127. The predicted molar refractivity (Wildman–Crippen MR) is 79.1 cm³/mol. The van der Waals surface area contributed by atoms with Crippen molar-refractivity contribution in [3.63, 3.8) is 0 Å². The van der Waals surface area contributed by atoms with E-state index in [2.05, 4.69) is 27.3 Å². The van der Waals surface area contributed by atoms with Gasteiger partial charge in [0.05, 0.1) is 4.90 Å². The molecule has 0 aliphatic rings. The normalized spacial score (nSPS) is 11.6. The molecule has 0 fully saturated rings. The van der Waals surface area contributed by atoms with E-state index in [-0.39, 0.29) is 0 Å². The van der Waals surface area contributed by atoms with Crippen molar-refractivity contribution in [1.82, 2.24) is 4.72 Å². The van der Waals surface area contributed by atoms with Gasteiger partial charge in [0.2, 0.25) is 10.0 Å². The van der Waals surface area contributed by atoms with E-state index < -0.39 is 10.0 Å². The van der Waals surface area contributed by atoms with Gasteiger partial charge in [0.25, 0.3) is 0 Å². The largest absolute Gasteiger partial charge is 0.240 e. The molecule has 1 rings (SSSR count). The molecule has 0 aromatic heterocycles. The van der Waals surface area contributed by atoms with Gasteiger partial charge in [-0.2, -0.15) is 0 Å². The van der Waals surface area contributed by atoms with E-state index in [1.807, 2.05) is 19.1 Å². The van der Waals surface area contributed by atoms with E-state index in [9.17, 15) is 8.42 Å². The minimum Gasteiger partial charge on any atom is -0.211 e. The zero-order chi connectivity index (χ0) is 12.7. The lowest BCUT2D eigenvalue weighted by Gasteiger charge is -2.06. The number of unbranched alkanes of at least 4 members (excludes halogenated alkanes) is 2. The zero-order valence-corrected chi connectivity index (χ0v) is 12.9. The van der Waals surface area contributed by atoms with Crippen molar-refractivity contribution in [2.75, 3.05) is 11.0 Å². The van der Waals surface area contributed by atoms with Crippen LogP contribution in [-0.2, 0) is 10.0 Å². The van der Waals surface area contributed by atoms with Crippen LogP contribution in [0.4, 0.5) is 0 Å². The van der Waals surface area contributed by atoms with Crippen LogP contribution in [0, 0.1) is 6.92 Å². The number of nitrogens with one attached hydrogen (secondary N) is 1. The molecule has 0 saturated heterocycles. The topological polar surface area (TPSA) is 46.2 Å². The van der Waals surface area contributed by atoms with Crippen molar-refractivity contribution >= 4 is 32.6 Å². The number of sulfonamides is 1. The summed E-state index contributed by atoms with van der Waals surface area (Å²) in [4.78, 5) is 0.344. The molecule has 0 radical (unpaired) electrons. The maximum atomic E-state index is 11.9. The maximum absolute atomic E-state index is 11.9. The van der Waals surface area contributed by atoms with Gasteiger partial charge in [-0.1, -0.05) is 46.7 Å². The van der Waals surface area contributed by atoms with Gasteiger partial charge in [-0.15, -0.1) is 0 Å². The minimum atomic E-state index is -3.32. The molecule has 0 aliphatic heterocycles. The average Bonchev–Trinajstić information content (AvgIpc) is 2.29. The Hall–Kier alpha value is -0.140. The van der Waals surface area contributed by atoms with Gasteiger partial charge < -0.3 is 0 Å². The molecule has 0 heterocycles. The maximum Gasteiger partial charge on any atom is 0.240 e. The number of hydrogen-bond acceptors (Lipinski definition) is 2. The first-order valence-corrected chi connectivity index (χ1v) is 8.69. The van der Waals surface area contributed by atoms with E-state index in [1.54, 1.807) is 12.1 Å². The summed E-state index contributed by atoms with van der Waals surface area (Å²) in [5.74, 6) is 0. The summed E-state index contributed by atoms with van der Waals surface area (Å²) in [7, 11) is -3.32. The first kappa shape index (κ1) is 14.9. The van der Waals surface area contributed by atoms with Gasteiger partial charge in [0, 0.05) is 6.54 Å². The van der Waals surface area contributed by atoms with Crippen molar-refractivity contribution in [3.05, 3.63) is 29.8 Å². The molecule has 0 bridgehead atoms. The van der Waals surface area contributed by atoms with Crippen LogP contribution >= 0.6 is 22.6 Å². The summed E-state index contributed by atoms with van der Waals surface area (Å²) in [5, 5.41) is 0. The van der Waals surface area contributed by atoms with E-state index >= 15 is 0 Å². The molecule has 0 saturated carbocycles. The third-order valence-electron chi connectivity index (χ3n) is 2.43. The van der Waals surface area contributed by atoms with Crippen molar-refractivity contribution in [2.45, 2.75) is 31.1 Å². The number of benzene rings is 1. The van der Waals surface area contributed by atoms with E-state index in [1.165, 1.54) is 0 Å². The van der Waals surface area contributed by atoms with Crippen LogP contribution in [0.2, 0.25) is 0 Å². The standard InChI is InChI=1S/C12H18INO2S/c1-11-5-7-12(8-6-11)17(15,16)14-10-4-2-3-9-13/h5-8,14H,2-4,9-10H2,1H3. The Balaban J connectivity index is 2.48. The smallest absolute Gasteiger partial charge is 0.211 e. The van der Waals surface area contributed by atoms with Crippen LogP contribution in [0.1, 0.15) is 24.8 Å². The second kappa shape index (κ2) is 7.33. The Bertz CT molecular complexity index is 428. The molecule has 0 unspecified atom stereocenters. The monoisotopic (exact) mass is 367 g/mol. The molecular weight excluding hydrogens is 349 g/mol. The summed E-state index contributed by atoms with van der Waals surface area (Å²) in [6.45, 7) is 2.46. The Morgan fingerprint density at radius 3 is 2.35 bits per heavy atom. The molecule has 0 aliphatic carbocycles. The SMILES string of the molecule is Cc1ccc(S(=O)(=O)NCCCCCI)cc1. The molecule has 3 nitrogen and oxygen atoms in total. The molecular formula is C12H18INO2S.